The summed E-state index contributed by atoms with van der Waals surface area (Å²) in [5.41, 5.74) is 0.619. The lowest BCUT2D eigenvalue weighted by Crippen LogP contribution is -2.11. The molecule has 104 valence electrons. The molecule has 1 aromatic heterocycles. The lowest BCUT2D eigenvalue weighted by atomic mass is 10.2. The third-order valence-electron chi connectivity index (χ3n) is 2.37. The maximum Gasteiger partial charge on any atom is 0.325 e. The molecule has 0 fully saturated rings. The fourth-order valence-electron chi connectivity index (χ4n) is 1.50. The molecule has 1 aromatic carbocycles. The first-order valence-corrected chi connectivity index (χ1v) is 6.20. The highest BCUT2D eigenvalue weighted by Crippen LogP contribution is 2.35. The molecule has 1 N–H and O–H groups in total. The monoisotopic (exact) mass is 295 g/mol. The summed E-state index contributed by atoms with van der Waals surface area (Å²) in [6.45, 7) is 1.32. The van der Waals surface area contributed by atoms with Crippen LogP contribution in [0.2, 0.25) is 0 Å². The van der Waals surface area contributed by atoms with E-state index < -0.39 is 17.4 Å². The van der Waals surface area contributed by atoms with Crippen LogP contribution in [0, 0.1) is 17.0 Å². The predicted molar refractivity (Wildman–Crippen MR) is 67.4 cm³/mol. The van der Waals surface area contributed by atoms with Gasteiger partial charge in [0, 0.05) is 6.07 Å². The second-order valence-electron chi connectivity index (χ2n) is 3.80. The zero-order valence-electron chi connectivity index (χ0n) is 10.3. The minimum Gasteiger partial charge on any atom is -0.480 e. The quantitative estimate of drug-likeness (QED) is 0.642. The van der Waals surface area contributed by atoms with Crippen molar-refractivity contribution in [2.24, 2.45) is 0 Å². The van der Waals surface area contributed by atoms with Crippen LogP contribution in [0.5, 0.6) is 0 Å². The van der Waals surface area contributed by atoms with Gasteiger partial charge in [-0.05, 0) is 34.7 Å². The van der Waals surface area contributed by atoms with Crippen molar-refractivity contribution in [2.45, 2.75) is 23.5 Å². The van der Waals surface area contributed by atoms with Crippen LogP contribution in [0.4, 0.5) is 5.69 Å². The van der Waals surface area contributed by atoms with Gasteiger partial charge in [-0.15, -0.1) is 5.10 Å². The summed E-state index contributed by atoms with van der Waals surface area (Å²) in [6, 6.07) is 4.68. The molecule has 0 amide bonds. The number of aromatic nitrogens is 4. The van der Waals surface area contributed by atoms with Gasteiger partial charge in [-0.3, -0.25) is 14.9 Å². The molecule has 0 atom stereocenters. The number of nitro groups is 1. The SMILES string of the molecule is Cc1cccc([N+](=O)[O-])c1Sc1nnnn1CC(=O)O. The van der Waals surface area contributed by atoms with E-state index in [0.29, 0.717) is 10.5 Å². The average Bonchev–Trinajstić information content (AvgIpc) is 2.78. The number of nitro benzene ring substituents is 1. The van der Waals surface area contributed by atoms with Gasteiger partial charge in [0.15, 0.2) is 0 Å². The topological polar surface area (TPSA) is 124 Å². The smallest absolute Gasteiger partial charge is 0.325 e. The third-order valence-corrected chi connectivity index (χ3v) is 3.58. The molecule has 0 unspecified atom stereocenters. The Morgan fingerprint density at radius 1 is 1.55 bits per heavy atom. The molecule has 0 aliphatic carbocycles. The summed E-state index contributed by atoms with van der Waals surface area (Å²) in [5.74, 6) is -1.10. The Balaban J connectivity index is 2.38. The normalized spacial score (nSPS) is 10.4. The summed E-state index contributed by atoms with van der Waals surface area (Å²) in [6.07, 6.45) is 0. The first kappa shape index (κ1) is 13.9. The molecule has 0 aliphatic heterocycles. The number of carboxylic acids is 1. The maximum absolute atomic E-state index is 11.0. The van der Waals surface area contributed by atoms with Crippen molar-refractivity contribution in [2.75, 3.05) is 0 Å². The zero-order chi connectivity index (χ0) is 14.7. The summed E-state index contributed by atoms with van der Waals surface area (Å²) in [4.78, 5) is 21.6. The first-order chi connectivity index (χ1) is 9.49. The molecule has 1 heterocycles. The van der Waals surface area contributed by atoms with Crippen molar-refractivity contribution < 1.29 is 14.8 Å². The van der Waals surface area contributed by atoms with Crippen molar-refractivity contribution in [3.05, 3.63) is 33.9 Å². The maximum atomic E-state index is 11.0. The fraction of sp³-hybridized carbons (Fsp3) is 0.200. The van der Waals surface area contributed by atoms with Crippen molar-refractivity contribution in [1.29, 1.82) is 0 Å². The van der Waals surface area contributed by atoms with Crippen LogP contribution in [0.3, 0.4) is 0 Å². The van der Waals surface area contributed by atoms with Crippen molar-refractivity contribution >= 4 is 23.4 Å². The molecule has 2 aromatic rings. The molecule has 9 nitrogen and oxygen atoms in total. The Morgan fingerprint density at radius 3 is 2.95 bits per heavy atom. The highest BCUT2D eigenvalue weighted by atomic mass is 32.2. The predicted octanol–water partition coefficient (Wildman–Crippen LogP) is 1.13. The summed E-state index contributed by atoms with van der Waals surface area (Å²) in [7, 11) is 0. The number of hydrogen-bond donors (Lipinski definition) is 1. The summed E-state index contributed by atoms with van der Waals surface area (Å²) in [5, 5.41) is 30.5. The van der Waals surface area contributed by atoms with Gasteiger partial charge in [0.05, 0.1) is 9.82 Å². The van der Waals surface area contributed by atoms with Gasteiger partial charge < -0.3 is 5.11 Å². The molecular weight excluding hydrogens is 286 g/mol. The number of aryl methyl sites for hydroxylation is 1. The van der Waals surface area contributed by atoms with Crippen LogP contribution in [0.25, 0.3) is 0 Å². The number of hydrogen-bond acceptors (Lipinski definition) is 7. The summed E-state index contributed by atoms with van der Waals surface area (Å²) < 4.78 is 1.07. The Labute approximate surface area is 116 Å². The number of nitrogens with zero attached hydrogens (tertiary/aromatic N) is 5. The van der Waals surface area contributed by atoms with Crippen LogP contribution in [0.1, 0.15) is 5.56 Å². The Hall–Kier alpha value is -2.49. The first-order valence-electron chi connectivity index (χ1n) is 5.39. The number of carbonyl (C=O) groups is 1. The lowest BCUT2D eigenvalue weighted by molar-refractivity contribution is -0.387. The van der Waals surface area contributed by atoms with Gasteiger partial charge in [0.1, 0.15) is 6.54 Å². The molecule has 0 saturated carbocycles. The molecule has 2 rings (SSSR count). The van der Waals surface area contributed by atoms with Crippen LogP contribution in [-0.4, -0.2) is 36.2 Å². The van der Waals surface area contributed by atoms with E-state index in [2.05, 4.69) is 15.5 Å². The van der Waals surface area contributed by atoms with Crippen LogP contribution in [-0.2, 0) is 11.3 Å². The van der Waals surface area contributed by atoms with Crippen molar-refractivity contribution in [3.63, 3.8) is 0 Å². The minimum atomic E-state index is -1.10. The largest absolute Gasteiger partial charge is 0.480 e. The number of tetrazole rings is 1. The standard InChI is InChI=1S/C10H9N5O4S/c1-6-3-2-4-7(15(18)19)9(6)20-10-11-12-13-14(10)5-8(16)17/h2-4H,5H2,1H3,(H,16,17). The van der Waals surface area contributed by atoms with Gasteiger partial charge in [-0.2, -0.15) is 0 Å². The van der Waals surface area contributed by atoms with Gasteiger partial charge >= 0.3 is 5.97 Å². The van der Waals surface area contributed by atoms with E-state index in [1.807, 2.05) is 0 Å². The van der Waals surface area contributed by atoms with E-state index in [-0.39, 0.29) is 10.8 Å². The number of benzene rings is 1. The fourth-order valence-corrected chi connectivity index (χ4v) is 2.44. The highest BCUT2D eigenvalue weighted by Gasteiger charge is 2.20. The molecular formula is C10H9N5O4S. The molecule has 0 aliphatic rings. The Morgan fingerprint density at radius 2 is 2.30 bits per heavy atom. The van der Waals surface area contributed by atoms with Gasteiger partial charge in [0.2, 0.25) is 5.16 Å². The van der Waals surface area contributed by atoms with Crippen LogP contribution >= 0.6 is 11.8 Å². The average molecular weight is 295 g/mol. The number of carboxylic acid groups (broad SMARTS) is 1. The summed E-state index contributed by atoms with van der Waals surface area (Å²) >= 11 is 0.966. The molecule has 0 saturated heterocycles. The number of rotatable bonds is 5. The van der Waals surface area contributed by atoms with E-state index in [4.69, 9.17) is 5.11 Å². The highest BCUT2D eigenvalue weighted by molar-refractivity contribution is 7.99. The Kier molecular flexibility index (Phi) is 3.94. The van der Waals surface area contributed by atoms with E-state index in [0.717, 1.165) is 16.4 Å². The number of aliphatic carboxylic acids is 1. The van der Waals surface area contributed by atoms with Crippen molar-refractivity contribution in [3.8, 4) is 0 Å². The molecule has 0 radical (unpaired) electrons. The Bertz CT molecular complexity index is 671. The van der Waals surface area contributed by atoms with Gasteiger partial charge in [0.25, 0.3) is 5.69 Å². The van der Waals surface area contributed by atoms with Crippen LogP contribution in [0.15, 0.2) is 28.3 Å². The van der Waals surface area contributed by atoms with E-state index in [1.165, 1.54) is 6.07 Å². The zero-order valence-corrected chi connectivity index (χ0v) is 11.1. The molecule has 10 heteroatoms. The van der Waals surface area contributed by atoms with E-state index >= 15 is 0 Å². The minimum absolute atomic E-state index is 0.0696. The van der Waals surface area contributed by atoms with E-state index in [9.17, 15) is 14.9 Å². The van der Waals surface area contributed by atoms with Crippen LogP contribution < -0.4 is 0 Å². The van der Waals surface area contributed by atoms with E-state index in [1.54, 1.807) is 19.1 Å². The molecule has 0 spiro atoms. The molecule has 0 bridgehead atoms. The molecule has 20 heavy (non-hydrogen) atoms. The third kappa shape index (κ3) is 2.91. The second-order valence-corrected chi connectivity index (χ2v) is 4.77. The van der Waals surface area contributed by atoms with Gasteiger partial charge in [-0.1, -0.05) is 12.1 Å². The van der Waals surface area contributed by atoms with Gasteiger partial charge in [-0.25, -0.2) is 4.68 Å². The van der Waals surface area contributed by atoms with Crippen molar-refractivity contribution in [1.82, 2.24) is 20.2 Å². The second kappa shape index (κ2) is 5.65. The lowest BCUT2D eigenvalue weighted by Gasteiger charge is -2.05.